The molecule has 4 rings (SSSR count). The molecule has 0 atom stereocenters. The summed E-state index contributed by atoms with van der Waals surface area (Å²) in [6, 6.07) is 13.3. The van der Waals surface area contributed by atoms with E-state index in [4.69, 9.17) is 4.74 Å². The summed E-state index contributed by atoms with van der Waals surface area (Å²) in [6.45, 7) is 3.01. The van der Waals surface area contributed by atoms with Crippen LogP contribution in [0.5, 0.6) is 0 Å². The van der Waals surface area contributed by atoms with Crippen molar-refractivity contribution in [3.05, 3.63) is 71.2 Å². The molecule has 144 valence electrons. The van der Waals surface area contributed by atoms with Crippen molar-refractivity contribution < 1.29 is 18.7 Å². The van der Waals surface area contributed by atoms with Gasteiger partial charge in [-0.3, -0.25) is 9.69 Å². The van der Waals surface area contributed by atoms with Crippen LogP contribution in [0.1, 0.15) is 11.1 Å². The van der Waals surface area contributed by atoms with Crippen molar-refractivity contribution in [1.82, 2.24) is 10.2 Å². The van der Waals surface area contributed by atoms with Gasteiger partial charge < -0.3 is 15.0 Å². The molecule has 0 bridgehead atoms. The van der Waals surface area contributed by atoms with Crippen molar-refractivity contribution >= 4 is 23.7 Å². The number of morpholine rings is 1. The molecule has 2 aliphatic rings. The zero-order chi connectivity index (χ0) is 19.5. The average Bonchev–Trinajstić information content (AvgIpc) is 2.98. The third-order valence-electron chi connectivity index (χ3n) is 4.83. The lowest BCUT2D eigenvalue weighted by atomic mass is 10.1. The molecule has 7 heteroatoms. The molecule has 1 N–H and O–H groups in total. The van der Waals surface area contributed by atoms with Gasteiger partial charge in [0, 0.05) is 24.3 Å². The Hall–Kier alpha value is -3.19. The van der Waals surface area contributed by atoms with Crippen LogP contribution in [0.4, 0.5) is 14.9 Å². The number of carbonyl (C=O) groups excluding carboxylic acids is 2. The number of rotatable bonds is 4. The number of halogens is 1. The van der Waals surface area contributed by atoms with Gasteiger partial charge in [0.05, 0.1) is 19.8 Å². The third kappa shape index (κ3) is 3.75. The van der Waals surface area contributed by atoms with Crippen LogP contribution in [-0.2, 0) is 16.1 Å². The number of hydrogen-bond donors (Lipinski definition) is 1. The van der Waals surface area contributed by atoms with Crippen molar-refractivity contribution in [1.29, 1.82) is 0 Å². The zero-order valence-corrected chi connectivity index (χ0v) is 15.2. The summed E-state index contributed by atoms with van der Waals surface area (Å²) in [5, 5.41) is 2.57. The van der Waals surface area contributed by atoms with E-state index in [1.165, 1.54) is 6.07 Å². The van der Waals surface area contributed by atoms with Crippen LogP contribution in [0.3, 0.4) is 0 Å². The molecule has 0 spiro atoms. The Bertz CT molecular complexity index is 921. The number of anilines is 1. The highest BCUT2D eigenvalue weighted by Gasteiger charge is 2.33. The molecule has 2 heterocycles. The minimum Gasteiger partial charge on any atom is -0.378 e. The average molecular weight is 381 g/mol. The van der Waals surface area contributed by atoms with Gasteiger partial charge in [0.1, 0.15) is 11.5 Å². The number of nitrogens with zero attached hydrogens (tertiary/aromatic N) is 2. The second kappa shape index (κ2) is 7.82. The highest BCUT2D eigenvalue weighted by molar-refractivity contribution is 6.13. The lowest BCUT2D eigenvalue weighted by Gasteiger charge is -2.28. The highest BCUT2D eigenvalue weighted by Crippen LogP contribution is 2.21. The highest BCUT2D eigenvalue weighted by atomic mass is 19.1. The zero-order valence-electron chi connectivity index (χ0n) is 15.2. The van der Waals surface area contributed by atoms with Gasteiger partial charge in [-0.25, -0.2) is 9.18 Å². The van der Waals surface area contributed by atoms with Gasteiger partial charge in [0.15, 0.2) is 0 Å². The Labute approximate surface area is 162 Å². The fourth-order valence-electron chi connectivity index (χ4n) is 3.28. The van der Waals surface area contributed by atoms with Crippen LogP contribution in [0, 0.1) is 5.82 Å². The standard InChI is InChI=1S/C21H20FN3O3/c22-18-4-2-1-3-16(18)14-25-20(26)19(23-21(25)27)13-15-5-7-17(8-6-15)24-9-11-28-12-10-24/h1-8,13H,9-12,14H2,(H,23,27)/b19-13+. The first kappa shape index (κ1) is 18.2. The van der Waals surface area contributed by atoms with Crippen LogP contribution in [0.15, 0.2) is 54.2 Å². The summed E-state index contributed by atoms with van der Waals surface area (Å²) in [5.41, 5.74) is 2.37. The van der Waals surface area contributed by atoms with Gasteiger partial charge in [0.2, 0.25) is 0 Å². The number of amides is 3. The molecule has 0 aromatic heterocycles. The van der Waals surface area contributed by atoms with E-state index in [9.17, 15) is 14.0 Å². The first-order valence-electron chi connectivity index (χ1n) is 9.12. The fourth-order valence-corrected chi connectivity index (χ4v) is 3.28. The third-order valence-corrected chi connectivity index (χ3v) is 4.83. The quantitative estimate of drug-likeness (QED) is 0.654. The lowest BCUT2D eigenvalue weighted by molar-refractivity contribution is -0.123. The maximum absolute atomic E-state index is 13.8. The van der Waals surface area contributed by atoms with Crippen LogP contribution in [-0.4, -0.2) is 43.1 Å². The number of benzene rings is 2. The Morgan fingerprint density at radius 2 is 1.75 bits per heavy atom. The fraction of sp³-hybridized carbons (Fsp3) is 0.238. The lowest BCUT2D eigenvalue weighted by Crippen LogP contribution is -2.36. The Morgan fingerprint density at radius 3 is 2.46 bits per heavy atom. The molecule has 28 heavy (non-hydrogen) atoms. The van der Waals surface area contributed by atoms with Crippen LogP contribution < -0.4 is 10.2 Å². The van der Waals surface area contributed by atoms with Gasteiger partial charge >= 0.3 is 6.03 Å². The summed E-state index contributed by atoms with van der Waals surface area (Å²) in [7, 11) is 0. The Kier molecular flexibility index (Phi) is 5.08. The molecule has 0 radical (unpaired) electrons. The maximum atomic E-state index is 13.8. The van der Waals surface area contributed by atoms with Crippen LogP contribution >= 0.6 is 0 Å². The minimum absolute atomic E-state index is 0.106. The molecule has 2 aromatic rings. The molecule has 6 nitrogen and oxygen atoms in total. The monoisotopic (exact) mass is 381 g/mol. The normalized spacial score (nSPS) is 18.7. The number of carbonyl (C=O) groups is 2. The van der Waals surface area contributed by atoms with Crippen molar-refractivity contribution in [2.75, 3.05) is 31.2 Å². The van der Waals surface area contributed by atoms with E-state index >= 15 is 0 Å². The summed E-state index contributed by atoms with van der Waals surface area (Å²) < 4.78 is 19.2. The Balaban J connectivity index is 1.48. The molecule has 0 aliphatic carbocycles. The summed E-state index contributed by atoms with van der Waals surface area (Å²) >= 11 is 0. The molecule has 2 fully saturated rings. The SMILES string of the molecule is O=C1N/C(=C/c2ccc(N3CCOCC3)cc2)C(=O)N1Cc1ccccc1F. The first-order valence-corrected chi connectivity index (χ1v) is 9.12. The first-order chi connectivity index (χ1) is 13.6. The van der Waals surface area contributed by atoms with Crippen molar-refractivity contribution in [2.45, 2.75) is 6.54 Å². The summed E-state index contributed by atoms with van der Waals surface area (Å²) in [5.74, 6) is -0.912. The molecule has 2 aliphatic heterocycles. The smallest absolute Gasteiger partial charge is 0.329 e. The van der Waals surface area contributed by atoms with Crippen molar-refractivity contribution in [2.24, 2.45) is 0 Å². The second-order valence-corrected chi connectivity index (χ2v) is 6.66. The van der Waals surface area contributed by atoms with Gasteiger partial charge in [-0.05, 0) is 29.8 Å². The number of hydrogen-bond acceptors (Lipinski definition) is 4. The number of imide groups is 1. The predicted octanol–water partition coefficient (Wildman–Crippen LogP) is 2.76. The van der Waals surface area contributed by atoms with E-state index in [2.05, 4.69) is 10.2 Å². The Morgan fingerprint density at radius 1 is 1.04 bits per heavy atom. The molecule has 2 aromatic carbocycles. The second-order valence-electron chi connectivity index (χ2n) is 6.66. The van der Waals surface area contributed by atoms with Gasteiger partial charge in [-0.2, -0.15) is 0 Å². The molecular formula is C21H20FN3O3. The largest absolute Gasteiger partial charge is 0.378 e. The molecule has 0 saturated carbocycles. The maximum Gasteiger partial charge on any atom is 0.329 e. The van der Waals surface area contributed by atoms with E-state index in [1.54, 1.807) is 24.3 Å². The van der Waals surface area contributed by atoms with E-state index in [0.29, 0.717) is 18.8 Å². The van der Waals surface area contributed by atoms with Gasteiger partial charge in [0.25, 0.3) is 5.91 Å². The summed E-state index contributed by atoms with van der Waals surface area (Å²) in [4.78, 5) is 28.0. The topological polar surface area (TPSA) is 61.9 Å². The molecule has 0 unspecified atom stereocenters. The molecule has 3 amide bonds. The van der Waals surface area contributed by atoms with Crippen molar-refractivity contribution in [3.8, 4) is 0 Å². The van der Waals surface area contributed by atoms with Crippen LogP contribution in [0.25, 0.3) is 6.08 Å². The number of ether oxygens (including phenoxy) is 1. The minimum atomic E-state index is -0.551. The number of nitrogens with one attached hydrogen (secondary N) is 1. The molecular weight excluding hydrogens is 361 g/mol. The van der Waals surface area contributed by atoms with Gasteiger partial charge in [-0.15, -0.1) is 0 Å². The van der Waals surface area contributed by atoms with Gasteiger partial charge in [-0.1, -0.05) is 30.3 Å². The van der Waals surface area contributed by atoms with Crippen molar-refractivity contribution in [3.63, 3.8) is 0 Å². The summed E-state index contributed by atoms with van der Waals surface area (Å²) in [6.07, 6.45) is 1.63. The molecule has 2 saturated heterocycles. The van der Waals surface area contributed by atoms with E-state index in [0.717, 1.165) is 29.2 Å². The van der Waals surface area contributed by atoms with Crippen LogP contribution in [0.2, 0.25) is 0 Å². The van der Waals surface area contributed by atoms with E-state index in [1.807, 2.05) is 24.3 Å². The predicted molar refractivity (Wildman–Crippen MR) is 103 cm³/mol. The van der Waals surface area contributed by atoms with E-state index in [-0.39, 0.29) is 12.2 Å². The van der Waals surface area contributed by atoms with E-state index < -0.39 is 17.8 Å². The number of urea groups is 1.